The Kier molecular flexibility index (Phi) is 3.92. The topological polar surface area (TPSA) is 30.2 Å². The number of hydrogen-bond donors (Lipinski definition) is 0. The molecule has 0 atom stereocenters. The van der Waals surface area contributed by atoms with Crippen LogP contribution in [0.4, 0.5) is 5.69 Å². The predicted octanol–water partition coefficient (Wildman–Crippen LogP) is 3.97. The standard InChI is InChI=1S/C11H7Cl2N3S/c12-10-2-1-8(3-11(10)13)5-16-6-9(4-15-16)14-7-17/h1-4,6H,5H2. The molecule has 0 unspecified atom stereocenters. The molecule has 2 rings (SSSR count). The minimum Gasteiger partial charge on any atom is -0.266 e. The van der Waals surface area contributed by atoms with Gasteiger partial charge >= 0.3 is 0 Å². The van der Waals surface area contributed by atoms with Crippen molar-refractivity contribution in [2.45, 2.75) is 6.54 Å². The Bertz CT molecular complexity index is 588. The van der Waals surface area contributed by atoms with Crippen LogP contribution in [0.2, 0.25) is 10.0 Å². The van der Waals surface area contributed by atoms with Crippen LogP contribution in [0.1, 0.15) is 5.56 Å². The summed E-state index contributed by atoms with van der Waals surface area (Å²) in [6.07, 6.45) is 3.40. The monoisotopic (exact) mass is 283 g/mol. The molecule has 1 aromatic carbocycles. The molecule has 1 aromatic heterocycles. The highest BCUT2D eigenvalue weighted by Crippen LogP contribution is 2.23. The van der Waals surface area contributed by atoms with Gasteiger partial charge in [0.05, 0.1) is 34.1 Å². The summed E-state index contributed by atoms with van der Waals surface area (Å²) in [4.78, 5) is 3.83. The van der Waals surface area contributed by atoms with Crippen molar-refractivity contribution >= 4 is 46.3 Å². The summed E-state index contributed by atoms with van der Waals surface area (Å²) >= 11 is 16.3. The zero-order valence-corrected chi connectivity index (χ0v) is 10.9. The van der Waals surface area contributed by atoms with Gasteiger partial charge in [-0.3, -0.25) is 4.68 Å². The van der Waals surface area contributed by atoms with Crippen LogP contribution in [0.5, 0.6) is 0 Å². The Morgan fingerprint density at radius 1 is 1.35 bits per heavy atom. The van der Waals surface area contributed by atoms with E-state index in [1.807, 2.05) is 12.1 Å². The van der Waals surface area contributed by atoms with Crippen LogP contribution in [-0.4, -0.2) is 14.9 Å². The first-order valence-corrected chi connectivity index (χ1v) is 5.90. The molecule has 17 heavy (non-hydrogen) atoms. The maximum Gasteiger partial charge on any atom is 0.112 e. The molecule has 3 nitrogen and oxygen atoms in total. The lowest BCUT2D eigenvalue weighted by molar-refractivity contribution is 0.687. The lowest BCUT2D eigenvalue weighted by Gasteiger charge is -2.03. The largest absolute Gasteiger partial charge is 0.266 e. The first-order chi connectivity index (χ1) is 8.19. The lowest BCUT2D eigenvalue weighted by atomic mass is 10.2. The molecule has 0 aliphatic carbocycles. The van der Waals surface area contributed by atoms with E-state index in [0.717, 1.165) is 5.56 Å². The van der Waals surface area contributed by atoms with Crippen molar-refractivity contribution in [2.24, 2.45) is 4.99 Å². The zero-order valence-electron chi connectivity index (χ0n) is 8.60. The predicted molar refractivity (Wildman–Crippen MR) is 72.5 cm³/mol. The molecule has 0 aliphatic rings. The Morgan fingerprint density at radius 3 is 2.88 bits per heavy atom. The van der Waals surface area contributed by atoms with E-state index in [1.165, 1.54) is 0 Å². The Balaban J connectivity index is 2.19. The molecule has 0 N–H and O–H groups in total. The molecule has 0 spiro atoms. The quantitative estimate of drug-likeness (QED) is 0.630. The highest BCUT2D eigenvalue weighted by molar-refractivity contribution is 7.78. The molecule has 86 valence electrons. The van der Waals surface area contributed by atoms with E-state index in [4.69, 9.17) is 23.2 Å². The summed E-state index contributed by atoms with van der Waals surface area (Å²) in [5.41, 5.74) is 1.69. The number of thiocarbonyl (C=S) groups is 1. The molecule has 0 amide bonds. The smallest absolute Gasteiger partial charge is 0.112 e. The zero-order chi connectivity index (χ0) is 12.3. The first-order valence-electron chi connectivity index (χ1n) is 4.73. The molecule has 0 aliphatic heterocycles. The second kappa shape index (κ2) is 5.43. The number of isothiocyanates is 1. The SMILES string of the molecule is S=C=Nc1cnn(Cc2ccc(Cl)c(Cl)c2)c1. The summed E-state index contributed by atoms with van der Waals surface area (Å²) < 4.78 is 1.74. The summed E-state index contributed by atoms with van der Waals surface area (Å²) in [5, 5.41) is 7.52. The van der Waals surface area contributed by atoms with E-state index >= 15 is 0 Å². The van der Waals surface area contributed by atoms with Crippen LogP contribution >= 0.6 is 35.4 Å². The van der Waals surface area contributed by atoms with Crippen molar-refractivity contribution in [3.8, 4) is 0 Å². The fourth-order valence-electron chi connectivity index (χ4n) is 1.37. The number of aliphatic imine (C=N–C) groups is 1. The third-order valence-electron chi connectivity index (χ3n) is 2.12. The maximum atomic E-state index is 5.93. The van der Waals surface area contributed by atoms with Gasteiger partial charge in [0.25, 0.3) is 0 Å². The molecule has 0 saturated carbocycles. The number of benzene rings is 1. The minimum absolute atomic E-state index is 0.536. The minimum atomic E-state index is 0.536. The van der Waals surface area contributed by atoms with Gasteiger partial charge in [-0.1, -0.05) is 29.3 Å². The number of hydrogen-bond acceptors (Lipinski definition) is 3. The van der Waals surface area contributed by atoms with Gasteiger partial charge in [0.15, 0.2) is 0 Å². The number of aromatic nitrogens is 2. The average molecular weight is 284 g/mol. The molecule has 0 fully saturated rings. The van der Waals surface area contributed by atoms with Gasteiger partial charge < -0.3 is 0 Å². The molecule has 0 bridgehead atoms. The molecule has 6 heteroatoms. The van der Waals surface area contributed by atoms with E-state index in [1.54, 1.807) is 23.1 Å². The fraction of sp³-hybridized carbons (Fsp3) is 0.0909. The molecule has 0 saturated heterocycles. The first kappa shape index (κ1) is 12.3. The fourth-order valence-corrected chi connectivity index (χ4v) is 1.80. The Hall–Kier alpha value is -1.19. The van der Waals surface area contributed by atoms with Crippen molar-refractivity contribution in [1.29, 1.82) is 0 Å². The third kappa shape index (κ3) is 3.14. The summed E-state index contributed by atoms with van der Waals surface area (Å²) in [6, 6.07) is 5.48. The van der Waals surface area contributed by atoms with Gasteiger partial charge in [0, 0.05) is 0 Å². The van der Waals surface area contributed by atoms with E-state index in [2.05, 4.69) is 27.5 Å². The van der Waals surface area contributed by atoms with Gasteiger partial charge in [-0.25, -0.2) is 0 Å². The normalized spacial score (nSPS) is 10.0. The van der Waals surface area contributed by atoms with E-state index in [9.17, 15) is 0 Å². The molecular formula is C11H7Cl2N3S. The lowest BCUT2D eigenvalue weighted by Crippen LogP contribution is -1.99. The Labute approximate surface area is 114 Å². The Morgan fingerprint density at radius 2 is 2.18 bits per heavy atom. The van der Waals surface area contributed by atoms with Crippen molar-refractivity contribution in [2.75, 3.05) is 0 Å². The number of halogens is 2. The second-order valence-corrected chi connectivity index (χ2v) is 4.34. The summed E-state index contributed by atoms with van der Waals surface area (Å²) in [7, 11) is 0. The third-order valence-corrected chi connectivity index (χ3v) is 2.95. The van der Waals surface area contributed by atoms with Crippen LogP contribution in [-0.2, 0) is 6.54 Å². The van der Waals surface area contributed by atoms with Crippen molar-refractivity contribution in [3.63, 3.8) is 0 Å². The average Bonchev–Trinajstić information content (AvgIpc) is 2.72. The van der Waals surface area contributed by atoms with E-state index in [0.29, 0.717) is 22.3 Å². The van der Waals surface area contributed by atoms with E-state index < -0.39 is 0 Å². The van der Waals surface area contributed by atoms with Gasteiger partial charge in [-0.15, -0.1) is 0 Å². The van der Waals surface area contributed by atoms with Crippen molar-refractivity contribution < 1.29 is 0 Å². The van der Waals surface area contributed by atoms with Gasteiger partial charge in [-0.05, 0) is 29.9 Å². The van der Waals surface area contributed by atoms with E-state index in [-0.39, 0.29) is 0 Å². The highest BCUT2D eigenvalue weighted by Gasteiger charge is 2.02. The maximum absolute atomic E-state index is 5.93. The molecule has 2 aromatic rings. The summed E-state index contributed by atoms with van der Waals surface area (Å²) in [5.74, 6) is 0. The van der Waals surface area contributed by atoms with Gasteiger partial charge in [-0.2, -0.15) is 10.1 Å². The van der Waals surface area contributed by atoms with Crippen LogP contribution in [0.25, 0.3) is 0 Å². The van der Waals surface area contributed by atoms with Crippen LogP contribution in [0.3, 0.4) is 0 Å². The highest BCUT2D eigenvalue weighted by atomic mass is 35.5. The van der Waals surface area contributed by atoms with Crippen LogP contribution in [0.15, 0.2) is 35.6 Å². The molecule has 1 heterocycles. The second-order valence-electron chi connectivity index (χ2n) is 3.35. The molecule has 0 radical (unpaired) electrons. The van der Waals surface area contributed by atoms with Crippen molar-refractivity contribution in [1.82, 2.24) is 9.78 Å². The van der Waals surface area contributed by atoms with Gasteiger partial charge in [0.2, 0.25) is 0 Å². The number of nitrogens with zero attached hydrogens (tertiary/aromatic N) is 3. The number of rotatable bonds is 3. The van der Waals surface area contributed by atoms with Gasteiger partial charge in [0.1, 0.15) is 5.69 Å². The summed E-state index contributed by atoms with van der Waals surface area (Å²) in [6.45, 7) is 0.601. The van der Waals surface area contributed by atoms with Crippen LogP contribution < -0.4 is 0 Å². The van der Waals surface area contributed by atoms with Crippen LogP contribution in [0, 0.1) is 0 Å². The van der Waals surface area contributed by atoms with Crippen molar-refractivity contribution in [3.05, 3.63) is 46.2 Å². The molecular weight excluding hydrogens is 277 g/mol.